The first-order chi connectivity index (χ1) is 11.2. The van der Waals surface area contributed by atoms with Crippen LogP contribution in [0.2, 0.25) is 0 Å². The highest BCUT2D eigenvalue weighted by atomic mass is 32.2. The first-order valence-electron chi connectivity index (χ1n) is 7.19. The molecule has 0 atom stereocenters. The lowest BCUT2D eigenvalue weighted by molar-refractivity contribution is -0.385. The molecule has 0 unspecified atom stereocenters. The van der Waals surface area contributed by atoms with Crippen LogP contribution in [0.1, 0.15) is 5.56 Å². The standard InChI is InChI=1S/C16H19N3O4S/c1-17(2)14-9-7-13(8-10-14)12-18(3)24(22,23)16-6-4-5-15(11-16)19(20)21/h4-11H,12H2,1-3H3. The van der Waals surface area contributed by atoms with E-state index in [0.29, 0.717) is 0 Å². The van der Waals surface area contributed by atoms with Crippen molar-refractivity contribution in [2.75, 3.05) is 26.0 Å². The highest BCUT2D eigenvalue weighted by Gasteiger charge is 2.23. The third-order valence-corrected chi connectivity index (χ3v) is 5.39. The monoisotopic (exact) mass is 349 g/mol. The maximum Gasteiger partial charge on any atom is 0.270 e. The Hall–Kier alpha value is -2.45. The zero-order valence-electron chi connectivity index (χ0n) is 13.7. The van der Waals surface area contributed by atoms with Gasteiger partial charge >= 0.3 is 0 Å². The number of sulfonamides is 1. The van der Waals surface area contributed by atoms with Gasteiger partial charge in [-0.05, 0) is 23.8 Å². The fourth-order valence-electron chi connectivity index (χ4n) is 2.18. The number of anilines is 1. The molecule has 2 aromatic rings. The van der Waals surface area contributed by atoms with Crippen molar-refractivity contribution in [2.45, 2.75) is 11.4 Å². The van der Waals surface area contributed by atoms with Crippen LogP contribution < -0.4 is 4.90 Å². The molecule has 2 rings (SSSR count). The molecule has 0 saturated heterocycles. The average Bonchev–Trinajstić information content (AvgIpc) is 2.55. The number of non-ortho nitro benzene ring substituents is 1. The van der Waals surface area contributed by atoms with E-state index in [-0.39, 0.29) is 17.1 Å². The van der Waals surface area contributed by atoms with Crippen molar-refractivity contribution in [3.8, 4) is 0 Å². The van der Waals surface area contributed by atoms with Crippen LogP contribution in [0.25, 0.3) is 0 Å². The highest BCUT2D eigenvalue weighted by molar-refractivity contribution is 7.89. The van der Waals surface area contributed by atoms with Gasteiger partial charge in [0.25, 0.3) is 5.69 Å². The summed E-state index contributed by atoms with van der Waals surface area (Å²) in [6.07, 6.45) is 0. The molecule has 24 heavy (non-hydrogen) atoms. The normalized spacial score (nSPS) is 11.5. The zero-order valence-corrected chi connectivity index (χ0v) is 14.5. The van der Waals surface area contributed by atoms with E-state index in [1.165, 1.54) is 29.6 Å². The van der Waals surface area contributed by atoms with Crippen molar-refractivity contribution in [1.29, 1.82) is 0 Å². The third kappa shape index (κ3) is 3.90. The van der Waals surface area contributed by atoms with Crippen LogP contribution in [-0.2, 0) is 16.6 Å². The zero-order chi connectivity index (χ0) is 17.9. The minimum absolute atomic E-state index is 0.0934. The predicted molar refractivity (Wildman–Crippen MR) is 92.5 cm³/mol. The Balaban J connectivity index is 2.22. The SMILES string of the molecule is CN(C)c1ccc(CN(C)S(=O)(=O)c2cccc([N+](=O)[O-])c2)cc1. The van der Waals surface area contributed by atoms with Crippen LogP contribution in [0.5, 0.6) is 0 Å². The van der Waals surface area contributed by atoms with Gasteiger partial charge in [-0.1, -0.05) is 18.2 Å². The van der Waals surface area contributed by atoms with Gasteiger partial charge in [0.05, 0.1) is 9.82 Å². The summed E-state index contributed by atoms with van der Waals surface area (Å²) in [7, 11) is 1.50. The number of rotatable bonds is 6. The lowest BCUT2D eigenvalue weighted by atomic mass is 10.2. The number of hydrogen-bond acceptors (Lipinski definition) is 5. The smallest absolute Gasteiger partial charge is 0.270 e. The second kappa shape index (κ2) is 6.98. The molecule has 8 heteroatoms. The summed E-state index contributed by atoms with van der Waals surface area (Å²) in [5.41, 5.74) is 1.60. The van der Waals surface area contributed by atoms with E-state index in [1.807, 2.05) is 43.3 Å². The van der Waals surface area contributed by atoms with Gasteiger partial charge in [-0.15, -0.1) is 0 Å². The van der Waals surface area contributed by atoms with Gasteiger partial charge in [-0.25, -0.2) is 8.42 Å². The summed E-state index contributed by atoms with van der Waals surface area (Å²) >= 11 is 0. The molecule has 0 aromatic heterocycles. The lowest BCUT2D eigenvalue weighted by Gasteiger charge is -2.18. The lowest BCUT2D eigenvalue weighted by Crippen LogP contribution is -2.26. The van der Waals surface area contributed by atoms with Crippen molar-refractivity contribution in [2.24, 2.45) is 0 Å². The predicted octanol–water partition coefficient (Wildman–Crippen LogP) is 2.48. The Morgan fingerprint density at radius 2 is 1.67 bits per heavy atom. The molecule has 0 aliphatic carbocycles. The molecule has 0 spiro atoms. The molecular weight excluding hydrogens is 330 g/mol. The van der Waals surface area contributed by atoms with Gasteiger partial charge < -0.3 is 4.90 Å². The third-order valence-electron chi connectivity index (χ3n) is 3.59. The van der Waals surface area contributed by atoms with Crippen LogP contribution >= 0.6 is 0 Å². The first-order valence-corrected chi connectivity index (χ1v) is 8.63. The molecule has 128 valence electrons. The van der Waals surface area contributed by atoms with Crippen LogP contribution in [0, 0.1) is 10.1 Å². The number of nitro benzene ring substituents is 1. The topological polar surface area (TPSA) is 83.8 Å². The van der Waals surface area contributed by atoms with Crippen LogP contribution in [0.15, 0.2) is 53.4 Å². The van der Waals surface area contributed by atoms with E-state index in [0.717, 1.165) is 17.3 Å². The minimum Gasteiger partial charge on any atom is -0.378 e. The van der Waals surface area contributed by atoms with E-state index in [9.17, 15) is 18.5 Å². The van der Waals surface area contributed by atoms with Crippen LogP contribution in [0.4, 0.5) is 11.4 Å². The molecule has 0 amide bonds. The van der Waals surface area contributed by atoms with Crippen molar-refractivity contribution in [1.82, 2.24) is 4.31 Å². The summed E-state index contributed by atoms with van der Waals surface area (Å²) in [4.78, 5) is 12.1. The summed E-state index contributed by atoms with van der Waals surface area (Å²) in [5, 5.41) is 10.8. The summed E-state index contributed by atoms with van der Waals surface area (Å²) < 4.78 is 26.3. The second-order valence-corrected chi connectivity index (χ2v) is 7.62. The van der Waals surface area contributed by atoms with Gasteiger partial charge in [0.2, 0.25) is 10.0 Å². The Labute approximate surface area is 141 Å². The van der Waals surface area contributed by atoms with Gasteiger partial charge in [-0.2, -0.15) is 4.31 Å². The van der Waals surface area contributed by atoms with Gasteiger partial charge in [-0.3, -0.25) is 10.1 Å². The number of hydrogen-bond donors (Lipinski definition) is 0. The number of nitrogens with zero attached hydrogens (tertiary/aromatic N) is 3. The van der Waals surface area contributed by atoms with Crippen molar-refractivity contribution >= 4 is 21.4 Å². The fourth-order valence-corrected chi connectivity index (χ4v) is 3.38. The molecule has 0 radical (unpaired) electrons. The molecule has 0 fully saturated rings. The maximum absolute atomic E-state index is 12.6. The molecule has 0 bridgehead atoms. The van der Waals surface area contributed by atoms with Crippen molar-refractivity contribution in [3.63, 3.8) is 0 Å². The molecule has 0 aliphatic heterocycles. The van der Waals surface area contributed by atoms with E-state index in [1.54, 1.807) is 0 Å². The largest absolute Gasteiger partial charge is 0.378 e. The molecular formula is C16H19N3O4S. The summed E-state index contributed by atoms with van der Waals surface area (Å²) in [6, 6.07) is 12.6. The summed E-state index contributed by atoms with van der Waals surface area (Å²) in [6.45, 7) is 0.179. The van der Waals surface area contributed by atoms with E-state index >= 15 is 0 Å². The van der Waals surface area contributed by atoms with Gasteiger partial charge in [0.15, 0.2) is 0 Å². The molecule has 0 N–H and O–H groups in total. The molecule has 0 saturated carbocycles. The molecule has 2 aromatic carbocycles. The first kappa shape index (κ1) is 17.9. The average molecular weight is 349 g/mol. The van der Waals surface area contributed by atoms with Crippen LogP contribution in [-0.4, -0.2) is 38.8 Å². The Kier molecular flexibility index (Phi) is 5.20. The van der Waals surface area contributed by atoms with Crippen LogP contribution in [0.3, 0.4) is 0 Å². The number of nitro groups is 1. The molecule has 0 aliphatic rings. The Morgan fingerprint density at radius 1 is 1.04 bits per heavy atom. The minimum atomic E-state index is -3.80. The van der Waals surface area contributed by atoms with Gasteiger partial charge in [0.1, 0.15) is 0 Å². The van der Waals surface area contributed by atoms with Gasteiger partial charge in [0, 0.05) is 45.5 Å². The Morgan fingerprint density at radius 3 is 2.21 bits per heavy atom. The van der Waals surface area contributed by atoms with E-state index in [4.69, 9.17) is 0 Å². The van der Waals surface area contributed by atoms with E-state index in [2.05, 4.69) is 0 Å². The number of benzene rings is 2. The quantitative estimate of drug-likeness (QED) is 0.591. The Bertz CT molecular complexity index is 833. The second-order valence-electron chi connectivity index (χ2n) is 5.58. The fraction of sp³-hybridized carbons (Fsp3) is 0.250. The van der Waals surface area contributed by atoms with Crippen molar-refractivity contribution < 1.29 is 13.3 Å². The van der Waals surface area contributed by atoms with E-state index < -0.39 is 14.9 Å². The van der Waals surface area contributed by atoms with Crippen molar-refractivity contribution in [3.05, 3.63) is 64.2 Å². The maximum atomic E-state index is 12.6. The molecule has 0 heterocycles. The molecule has 7 nitrogen and oxygen atoms in total. The summed E-state index contributed by atoms with van der Waals surface area (Å²) in [5.74, 6) is 0. The highest BCUT2D eigenvalue weighted by Crippen LogP contribution is 2.22.